The van der Waals surface area contributed by atoms with Crippen molar-refractivity contribution in [2.75, 3.05) is 13.1 Å². The highest BCUT2D eigenvalue weighted by atomic mass is 19.1. The van der Waals surface area contributed by atoms with Crippen molar-refractivity contribution in [3.8, 4) is 0 Å². The third-order valence-corrected chi connectivity index (χ3v) is 7.54. The van der Waals surface area contributed by atoms with Crippen LogP contribution in [0.5, 0.6) is 0 Å². The molecule has 6 nitrogen and oxygen atoms in total. The van der Waals surface area contributed by atoms with Gasteiger partial charge in [-0.2, -0.15) is 0 Å². The molecular formula is C32H41FN4O2. The Labute approximate surface area is 231 Å². The highest BCUT2D eigenvalue weighted by Crippen LogP contribution is 2.25. The lowest BCUT2D eigenvalue weighted by Crippen LogP contribution is -2.49. The fourth-order valence-corrected chi connectivity index (χ4v) is 5.26. The average molecular weight is 533 g/mol. The summed E-state index contributed by atoms with van der Waals surface area (Å²) in [5.41, 5.74) is 3.07. The zero-order valence-electron chi connectivity index (χ0n) is 23.0. The van der Waals surface area contributed by atoms with Gasteiger partial charge in [-0.15, -0.1) is 0 Å². The van der Waals surface area contributed by atoms with Crippen LogP contribution < -0.4 is 5.32 Å². The van der Waals surface area contributed by atoms with E-state index in [0.717, 1.165) is 55.3 Å². The second-order valence-electron chi connectivity index (χ2n) is 10.5. The number of aromatic nitrogens is 1. The number of carbonyl (C=O) groups excluding carboxylic acids is 2. The number of carbonyl (C=O) groups is 2. The van der Waals surface area contributed by atoms with Crippen LogP contribution in [0.15, 0.2) is 72.9 Å². The molecule has 1 aliphatic rings. The lowest BCUT2D eigenvalue weighted by molar-refractivity contribution is -0.135. The fourth-order valence-electron chi connectivity index (χ4n) is 5.26. The van der Waals surface area contributed by atoms with Crippen LogP contribution in [0, 0.1) is 5.82 Å². The largest absolute Gasteiger partial charge is 0.345 e. The molecule has 1 heterocycles. The molecule has 3 aromatic rings. The summed E-state index contributed by atoms with van der Waals surface area (Å²) in [6.45, 7) is 4.23. The summed E-state index contributed by atoms with van der Waals surface area (Å²) in [4.78, 5) is 30.7. The number of hydrogen-bond donors (Lipinski definition) is 1. The number of nitrogens with zero attached hydrogens (tertiary/aromatic N) is 3. The molecule has 4 rings (SSSR count). The van der Waals surface area contributed by atoms with Crippen LogP contribution in [0.4, 0.5) is 9.18 Å². The van der Waals surface area contributed by atoms with Crippen molar-refractivity contribution in [1.29, 1.82) is 0 Å². The van der Waals surface area contributed by atoms with E-state index in [9.17, 15) is 14.0 Å². The van der Waals surface area contributed by atoms with E-state index >= 15 is 0 Å². The van der Waals surface area contributed by atoms with Gasteiger partial charge in [-0.25, -0.2) is 9.18 Å². The van der Waals surface area contributed by atoms with Crippen molar-refractivity contribution in [3.63, 3.8) is 0 Å². The van der Waals surface area contributed by atoms with E-state index in [4.69, 9.17) is 0 Å². The molecule has 0 bridgehead atoms. The summed E-state index contributed by atoms with van der Waals surface area (Å²) < 4.78 is 15.5. The summed E-state index contributed by atoms with van der Waals surface area (Å²) in [7, 11) is 0. The van der Waals surface area contributed by atoms with Crippen LogP contribution in [0.1, 0.15) is 68.7 Å². The van der Waals surface area contributed by atoms with Gasteiger partial charge in [-0.1, -0.05) is 75.1 Å². The van der Waals surface area contributed by atoms with Gasteiger partial charge in [0.05, 0.1) is 6.54 Å². The van der Waals surface area contributed by atoms with Gasteiger partial charge in [-0.05, 0) is 54.7 Å². The minimum absolute atomic E-state index is 0.0117. The maximum atomic E-state index is 13.9. The standard InChI is InChI=1S/C32H41FN4O2/c1-2-3-20-36(32(39)34-22-26-11-6-4-7-12-26)25-31(38)37(29-13-8-5-9-14-29)24-30-15-10-21-35(30)23-27-16-18-28(33)19-17-27/h4,6-7,10-12,15-19,21,29H,2-3,5,8-9,13-14,20,22-25H2,1H3,(H,34,39). The maximum Gasteiger partial charge on any atom is 0.318 e. The highest BCUT2D eigenvalue weighted by Gasteiger charge is 2.28. The van der Waals surface area contributed by atoms with Crippen LogP contribution in [-0.2, 0) is 24.4 Å². The van der Waals surface area contributed by atoms with Crippen LogP contribution in [0.3, 0.4) is 0 Å². The van der Waals surface area contributed by atoms with Crippen LogP contribution in [-0.4, -0.2) is 45.4 Å². The van der Waals surface area contributed by atoms with Gasteiger partial charge in [0, 0.05) is 37.6 Å². The molecule has 208 valence electrons. The Kier molecular flexibility index (Phi) is 10.6. The molecular weight excluding hydrogens is 491 g/mol. The Balaban J connectivity index is 1.47. The summed E-state index contributed by atoms with van der Waals surface area (Å²) >= 11 is 0. The van der Waals surface area contributed by atoms with Gasteiger partial charge in [-0.3, -0.25) is 4.79 Å². The number of benzene rings is 2. The van der Waals surface area contributed by atoms with E-state index in [2.05, 4.69) is 16.8 Å². The SMILES string of the molecule is CCCCN(CC(=O)N(Cc1cccn1Cc1ccc(F)cc1)C1CCCCC1)C(=O)NCc1ccccc1. The van der Waals surface area contributed by atoms with E-state index in [1.54, 1.807) is 17.0 Å². The van der Waals surface area contributed by atoms with Crippen molar-refractivity contribution in [3.05, 3.63) is 95.6 Å². The first-order valence-corrected chi connectivity index (χ1v) is 14.3. The van der Waals surface area contributed by atoms with Gasteiger partial charge in [0.15, 0.2) is 0 Å². The first-order chi connectivity index (χ1) is 19.0. The monoisotopic (exact) mass is 532 g/mol. The quantitative estimate of drug-likeness (QED) is 0.296. The van der Waals surface area contributed by atoms with Gasteiger partial charge in [0.25, 0.3) is 0 Å². The van der Waals surface area contributed by atoms with Gasteiger partial charge < -0.3 is 19.7 Å². The van der Waals surface area contributed by atoms with E-state index in [1.807, 2.05) is 53.6 Å². The number of unbranched alkanes of at least 4 members (excludes halogenated alkanes) is 1. The molecule has 2 aromatic carbocycles. The Bertz CT molecular complexity index is 1170. The molecule has 1 aromatic heterocycles. The topological polar surface area (TPSA) is 57.6 Å². The van der Waals surface area contributed by atoms with Crippen molar-refractivity contribution in [1.82, 2.24) is 19.7 Å². The molecule has 0 atom stereocenters. The van der Waals surface area contributed by atoms with Crippen molar-refractivity contribution >= 4 is 11.9 Å². The highest BCUT2D eigenvalue weighted by molar-refractivity contribution is 5.84. The minimum Gasteiger partial charge on any atom is -0.345 e. The number of amides is 3. The minimum atomic E-state index is -0.249. The number of nitrogens with one attached hydrogen (secondary N) is 1. The number of urea groups is 1. The van der Waals surface area contributed by atoms with E-state index in [0.29, 0.717) is 26.2 Å². The lowest BCUT2D eigenvalue weighted by atomic mass is 9.94. The van der Waals surface area contributed by atoms with Gasteiger partial charge >= 0.3 is 6.03 Å². The average Bonchev–Trinajstić information content (AvgIpc) is 3.41. The van der Waals surface area contributed by atoms with E-state index < -0.39 is 0 Å². The third-order valence-electron chi connectivity index (χ3n) is 7.54. The third kappa shape index (κ3) is 8.44. The summed E-state index contributed by atoms with van der Waals surface area (Å²) in [6.07, 6.45) is 9.19. The molecule has 1 N–H and O–H groups in total. The zero-order chi connectivity index (χ0) is 27.5. The van der Waals surface area contributed by atoms with Crippen molar-refractivity contribution < 1.29 is 14.0 Å². The maximum absolute atomic E-state index is 13.9. The smallest absolute Gasteiger partial charge is 0.318 e. The van der Waals surface area contributed by atoms with Crippen LogP contribution in [0.25, 0.3) is 0 Å². The molecule has 1 aliphatic carbocycles. The Morgan fingerprint density at radius 3 is 2.41 bits per heavy atom. The Hall–Kier alpha value is -3.61. The van der Waals surface area contributed by atoms with E-state index in [-0.39, 0.29) is 30.3 Å². The summed E-state index contributed by atoms with van der Waals surface area (Å²) in [5, 5.41) is 3.00. The van der Waals surface area contributed by atoms with Crippen LogP contribution >= 0.6 is 0 Å². The van der Waals surface area contributed by atoms with Gasteiger partial charge in [0.1, 0.15) is 12.4 Å². The van der Waals surface area contributed by atoms with Crippen molar-refractivity contribution in [2.24, 2.45) is 0 Å². The van der Waals surface area contributed by atoms with Crippen molar-refractivity contribution in [2.45, 2.75) is 77.5 Å². The van der Waals surface area contributed by atoms with Crippen LogP contribution in [0.2, 0.25) is 0 Å². The second kappa shape index (κ2) is 14.5. The zero-order valence-corrected chi connectivity index (χ0v) is 23.0. The molecule has 3 amide bonds. The molecule has 0 aliphatic heterocycles. The normalized spacial score (nSPS) is 13.7. The first-order valence-electron chi connectivity index (χ1n) is 14.3. The molecule has 1 fully saturated rings. The Morgan fingerprint density at radius 2 is 1.69 bits per heavy atom. The number of halogens is 1. The summed E-state index contributed by atoms with van der Waals surface area (Å²) in [5.74, 6) is -0.261. The predicted molar refractivity (Wildman–Crippen MR) is 153 cm³/mol. The molecule has 1 saturated carbocycles. The van der Waals surface area contributed by atoms with Gasteiger partial charge in [0.2, 0.25) is 5.91 Å². The molecule has 0 saturated heterocycles. The predicted octanol–water partition coefficient (Wildman–Crippen LogP) is 6.35. The molecule has 39 heavy (non-hydrogen) atoms. The molecule has 0 unspecified atom stereocenters. The number of hydrogen-bond acceptors (Lipinski definition) is 2. The number of rotatable bonds is 12. The lowest BCUT2D eigenvalue weighted by Gasteiger charge is -2.36. The molecule has 0 radical (unpaired) electrons. The molecule has 7 heteroatoms. The second-order valence-corrected chi connectivity index (χ2v) is 10.5. The first kappa shape index (κ1) is 28.4. The summed E-state index contributed by atoms with van der Waals surface area (Å²) in [6, 6.07) is 20.4. The van der Waals surface area contributed by atoms with E-state index in [1.165, 1.54) is 18.6 Å². The Morgan fingerprint density at radius 1 is 0.949 bits per heavy atom. The fraction of sp³-hybridized carbons (Fsp3) is 0.438. The molecule has 0 spiro atoms.